The summed E-state index contributed by atoms with van der Waals surface area (Å²) >= 11 is 6.94. The maximum absolute atomic E-state index is 6.06. The Kier molecular flexibility index (Phi) is 3.95. The molecule has 1 rings (SSSR count). The Labute approximate surface area is 96.0 Å². The van der Waals surface area contributed by atoms with E-state index in [0.29, 0.717) is 5.92 Å². The zero-order chi connectivity index (χ0) is 10.0. The Morgan fingerprint density at radius 1 is 1.23 bits per heavy atom. The fourth-order valence-electron chi connectivity index (χ4n) is 1.13. The van der Waals surface area contributed by atoms with Crippen LogP contribution >= 0.6 is 31.9 Å². The van der Waals surface area contributed by atoms with Gasteiger partial charge in [0.25, 0.3) is 0 Å². The van der Waals surface area contributed by atoms with Crippen LogP contribution in [0, 0.1) is 5.92 Å². The Morgan fingerprint density at radius 2 is 1.85 bits per heavy atom. The van der Waals surface area contributed by atoms with E-state index in [9.17, 15) is 0 Å². The van der Waals surface area contributed by atoms with Gasteiger partial charge in [0.05, 0.1) is 0 Å². The number of hydrogen-bond donors (Lipinski definition) is 1. The average molecular weight is 307 g/mol. The molecule has 1 nitrogen and oxygen atoms in total. The molecule has 1 atom stereocenters. The highest BCUT2D eigenvalue weighted by atomic mass is 79.9. The minimum atomic E-state index is 0.0897. The van der Waals surface area contributed by atoms with E-state index in [-0.39, 0.29) is 6.04 Å². The van der Waals surface area contributed by atoms with Gasteiger partial charge in [-0.25, -0.2) is 0 Å². The first-order valence-electron chi connectivity index (χ1n) is 4.23. The SMILES string of the molecule is CC(C)[C@@H](N)c1cc(Br)ccc1Br. The fourth-order valence-corrected chi connectivity index (χ4v) is 2.02. The Bertz CT molecular complexity index is 297. The molecule has 0 fully saturated rings. The van der Waals surface area contributed by atoms with Crippen molar-refractivity contribution in [1.29, 1.82) is 0 Å². The standard InChI is InChI=1S/C10H13Br2N/c1-6(2)10(13)8-5-7(11)3-4-9(8)12/h3-6,10H,13H2,1-2H3/t10-/m1/s1. The van der Waals surface area contributed by atoms with Gasteiger partial charge >= 0.3 is 0 Å². The summed E-state index contributed by atoms with van der Waals surface area (Å²) in [6.45, 7) is 4.25. The van der Waals surface area contributed by atoms with Gasteiger partial charge in [0.1, 0.15) is 0 Å². The molecule has 0 aliphatic heterocycles. The summed E-state index contributed by atoms with van der Waals surface area (Å²) in [5.74, 6) is 0.450. The van der Waals surface area contributed by atoms with Crippen LogP contribution < -0.4 is 5.73 Å². The van der Waals surface area contributed by atoms with E-state index in [1.165, 1.54) is 0 Å². The van der Waals surface area contributed by atoms with Gasteiger partial charge in [0, 0.05) is 15.0 Å². The molecule has 0 amide bonds. The number of halogens is 2. The van der Waals surface area contributed by atoms with Gasteiger partial charge in [-0.2, -0.15) is 0 Å². The van der Waals surface area contributed by atoms with Gasteiger partial charge in [-0.05, 0) is 29.7 Å². The number of rotatable bonds is 2. The molecule has 1 aromatic rings. The van der Waals surface area contributed by atoms with Crippen LogP contribution in [0.3, 0.4) is 0 Å². The average Bonchev–Trinajstić information content (AvgIpc) is 2.08. The first-order valence-corrected chi connectivity index (χ1v) is 5.81. The molecule has 0 radical (unpaired) electrons. The lowest BCUT2D eigenvalue weighted by Crippen LogP contribution is -2.17. The van der Waals surface area contributed by atoms with Crippen molar-refractivity contribution >= 4 is 31.9 Å². The van der Waals surface area contributed by atoms with Gasteiger partial charge in [-0.15, -0.1) is 0 Å². The van der Waals surface area contributed by atoms with Crippen molar-refractivity contribution in [2.45, 2.75) is 19.9 Å². The van der Waals surface area contributed by atoms with Gasteiger partial charge in [-0.1, -0.05) is 45.7 Å². The highest BCUT2D eigenvalue weighted by Gasteiger charge is 2.13. The maximum Gasteiger partial charge on any atom is 0.0329 e. The second-order valence-electron chi connectivity index (χ2n) is 3.44. The summed E-state index contributed by atoms with van der Waals surface area (Å²) in [5, 5.41) is 0. The van der Waals surface area contributed by atoms with Crippen LogP contribution in [0.1, 0.15) is 25.5 Å². The molecule has 2 N–H and O–H groups in total. The molecule has 13 heavy (non-hydrogen) atoms. The van der Waals surface area contributed by atoms with Gasteiger partial charge in [0.2, 0.25) is 0 Å². The van der Waals surface area contributed by atoms with E-state index in [2.05, 4.69) is 51.8 Å². The molecule has 0 aliphatic carbocycles. The van der Waals surface area contributed by atoms with Crippen molar-refractivity contribution in [2.24, 2.45) is 11.7 Å². The summed E-state index contributed by atoms with van der Waals surface area (Å²) in [4.78, 5) is 0. The van der Waals surface area contributed by atoms with Crippen LogP contribution in [0.4, 0.5) is 0 Å². The highest BCUT2D eigenvalue weighted by Crippen LogP contribution is 2.29. The third-order valence-corrected chi connectivity index (χ3v) is 3.25. The molecule has 1 aromatic carbocycles. The van der Waals surface area contributed by atoms with Crippen molar-refractivity contribution in [1.82, 2.24) is 0 Å². The summed E-state index contributed by atoms with van der Waals surface area (Å²) in [6.07, 6.45) is 0. The van der Waals surface area contributed by atoms with E-state index in [1.807, 2.05) is 12.1 Å². The Hall–Kier alpha value is 0.140. The van der Waals surface area contributed by atoms with Crippen LogP contribution in [-0.2, 0) is 0 Å². The zero-order valence-electron chi connectivity index (χ0n) is 7.72. The zero-order valence-corrected chi connectivity index (χ0v) is 10.9. The van der Waals surface area contributed by atoms with Crippen LogP contribution in [0.5, 0.6) is 0 Å². The number of benzene rings is 1. The van der Waals surface area contributed by atoms with Gasteiger partial charge < -0.3 is 5.73 Å². The van der Waals surface area contributed by atoms with Crippen LogP contribution in [0.2, 0.25) is 0 Å². The van der Waals surface area contributed by atoms with Crippen molar-refractivity contribution in [3.05, 3.63) is 32.7 Å². The molecule has 0 aliphatic rings. The molecule has 0 unspecified atom stereocenters. The molecule has 3 heteroatoms. The first-order chi connectivity index (χ1) is 6.02. The molecular weight excluding hydrogens is 294 g/mol. The molecule has 0 saturated heterocycles. The molecule has 0 spiro atoms. The third-order valence-electron chi connectivity index (χ3n) is 2.04. The number of nitrogens with two attached hydrogens (primary N) is 1. The summed E-state index contributed by atoms with van der Waals surface area (Å²) in [7, 11) is 0. The summed E-state index contributed by atoms with van der Waals surface area (Å²) < 4.78 is 2.15. The largest absolute Gasteiger partial charge is 0.324 e. The molecular formula is C10H13Br2N. The van der Waals surface area contributed by atoms with Gasteiger partial charge in [-0.3, -0.25) is 0 Å². The predicted molar refractivity (Wildman–Crippen MR) is 63.6 cm³/mol. The van der Waals surface area contributed by atoms with E-state index in [0.717, 1.165) is 14.5 Å². The smallest absolute Gasteiger partial charge is 0.0329 e. The molecule has 0 aromatic heterocycles. The van der Waals surface area contributed by atoms with Crippen molar-refractivity contribution < 1.29 is 0 Å². The van der Waals surface area contributed by atoms with E-state index < -0.39 is 0 Å². The molecule has 72 valence electrons. The maximum atomic E-state index is 6.06. The predicted octanol–water partition coefficient (Wildman–Crippen LogP) is 3.87. The first kappa shape index (κ1) is 11.2. The summed E-state index contributed by atoms with van der Waals surface area (Å²) in [6, 6.07) is 6.17. The Balaban J connectivity index is 3.05. The van der Waals surface area contributed by atoms with E-state index >= 15 is 0 Å². The lowest BCUT2D eigenvalue weighted by atomic mass is 9.97. The lowest BCUT2D eigenvalue weighted by molar-refractivity contribution is 0.512. The molecule has 0 bridgehead atoms. The second-order valence-corrected chi connectivity index (χ2v) is 5.21. The van der Waals surface area contributed by atoms with E-state index in [1.54, 1.807) is 0 Å². The van der Waals surface area contributed by atoms with Crippen LogP contribution in [-0.4, -0.2) is 0 Å². The summed E-state index contributed by atoms with van der Waals surface area (Å²) in [5.41, 5.74) is 7.21. The second kappa shape index (κ2) is 4.58. The lowest BCUT2D eigenvalue weighted by Gasteiger charge is -2.17. The van der Waals surface area contributed by atoms with Crippen LogP contribution in [0.15, 0.2) is 27.1 Å². The molecule has 0 saturated carbocycles. The van der Waals surface area contributed by atoms with Crippen molar-refractivity contribution in [2.75, 3.05) is 0 Å². The molecule has 0 heterocycles. The normalized spacial score (nSPS) is 13.4. The van der Waals surface area contributed by atoms with Crippen LogP contribution in [0.25, 0.3) is 0 Å². The Morgan fingerprint density at radius 3 is 2.38 bits per heavy atom. The van der Waals surface area contributed by atoms with Crippen molar-refractivity contribution in [3.8, 4) is 0 Å². The number of hydrogen-bond acceptors (Lipinski definition) is 1. The monoisotopic (exact) mass is 305 g/mol. The quantitative estimate of drug-likeness (QED) is 0.882. The topological polar surface area (TPSA) is 26.0 Å². The third kappa shape index (κ3) is 2.79. The highest BCUT2D eigenvalue weighted by molar-refractivity contribution is 9.11. The fraction of sp³-hybridized carbons (Fsp3) is 0.400. The van der Waals surface area contributed by atoms with Crippen molar-refractivity contribution in [3.63, 3.8) is 0 Å². The minimum absolute atomic E-state index is 0.0897. The van der Waals surface area contributed by atoms with E-state index in [4.69, 9.17) is 5.73 Å². The minimum Gasteiger partial charge on any atom is -0.324 e. The van der Waals surface area contributed by atoms with Gasteiger partial charge in [0.15, 0.2) is 0 Å².